The smallest absolute Gasteiger partial charge is 0.352 e. The summed E-state index contributed by atoms with van der Waals surface area (Å²) < 4.78 is 5.55. The van der Waals surface area contributed by atoms with Gasteiger partial charge in [-0.15, -0.1) is 28.6 Å². The first kappa shape index (κ1) is 25.2. The van der Waals surface area contributed by atoms with Crippen molar-refractivity contribution in [1.29, 1.82) is 0 Å². The Morgan fingerprint density at radius 2 is 2.23 bits per heavy atom. The fourth-order valence-corrected chi connectivity index (χ4v) is 6.56. The van der Waals surface area contributed by atoms with Gasteiger partial charge < -0.3 is 21.0 Å². The zero-order valence-corrected chi connectivity index (χ0v) is 21.4. The number of hydrogen-bond acceptors (Lipinski definition) is 15. The average Bonchev–Trinajstić information content (AvgIpc) is 3.47. The molecular weight excluding hydrogens is 541 g/mol. The van der Waals surface area contributed by atoms with Crippen LogP contribution in [0.5, 0.6) is 0 Å². The Morgan fingerprint density at radius 3 is 2.89 bits per heavy atom. The predicted octanol–water partition coefficient (Wildman–Crippen LogP) is -0.691. The number of carbonyl (C=O) groups excluding carboxylic acids is 2. The van der Waals surface area contributed by atoms with Gasteiger partial charge in [0.1, 0.15) is 24.2 Å². The number of aliphatic carboxylic acids is 1. The highest BCUT2D eigenvalue weighted by molar-refractivity contribution is 8.01. The molecule has 19 heteroatoms. The zero-order valence-electron chi connectivity index (χ0n) is 18.1. The maximum absolute atomic E-state index is 12.9. The van der Waals surface area contributed by atoms with Crippen LogP contribution in [0.15, 0.2) is 21.6 Å². The van der Waals surface area contributed by atoms with Crippen LogP contribution in [-0.4, -0.2) is 99.4 Å². The van der Waals surface area contributed by atoms with Gasteiger partial charge in [-0.05, 0) is 22.3 Å². The van der Waals surface area contributed by atoms with E-state index in [0.717, 1.165) is 11.5 Å². The van der Waals surface area contributed by atoms with Crippen molar-refractivity contribution in [2.24, 2.45) is 5.16 Å². The Morgan fingerprint density at radius 1 is 1.43 bits per heavy atom. The van der Waals surface area contributed by atoms with Crippen LogP contribution in [0.2, 0.25) is 0 Å². The van der Waals surface area contributed by atoms with Gasteiger partial charge in [-0.2, -0.15) is 9.36 Å². The molecule has 2 aromatic heterocycles. The number of aromatic nitrogens is 6. The number of oxime groups is 1. The SMILES string of the molecule is CO/N=C(/C(=O)NC1C(=O)N2C(C(=O)O)=C(CSc3nnnn3CSC)CS[C@H]12)c1nsc(N)n1. The molecule has 2 aliphatic heterocycles. The van der Waals surface area contributed by atoms with Crippen molar-refractivity contribution in [2.45, 2.75) is 22.4 Å². The average molecular weight is 559 g/mol. The molecule has 4 N–H and O–H groups in total. The van der Waals surface area contributed by atoms with Crippen molar-refractivity contribution < 1.29 is 24.3 Å². The number of hydrogen-bond donors (Lipinski definition) is 3. The minimum absolute atomic E-state index is 0.0407. The van der Waals surface area contributed by atoms with Gasteiger partial charge in [0, 0.05) is 23.0 Å². The first-order valence-electron chi connectivity index (χ1n) is 9.65. The van der Waals surface area contributed by atoms with Crippen molar-refractivity contribution in [3.63, 3.8) is 0 Å². The molecule has 0 aromatic carbocycles. The number of thioether (sulfide) groups is 3. The molecule has 2 aromatic rings. The second-order valence-corrected chi connectivity index (χ2v) is 10.5. The molecule has 0 spiro atoms. The Hall–Kier alpha value is -2.90. The van der Waals surface area contributed by atoms with Gasteiger partial charge in [0.15, 0.2) is 5.13 Å². The van der Waals surface area contributed by atoms with Crippen LogP contribution in [0.25, 0.3) is 0 Å². The summed E-state index contributed by atoms with van der Waals surface area (Å²) in [6.07, 6.45) is 1.91. The second-order valence-electron chi connectivity index (χ2n) is 6.86. The molecule has 4 rings (SSSR count). The fraction of sp³-hybridized carbons (Fsp3) is 0.438. The molecule has 4 heterocycles. The van der Waals surface area contributed by atoms with E-state index < -0.39 is 29.2 Å². The third-order valence-electron chi connectivity index (χ3n) is 4.71. The summed E-state index contributed by atoms with van der Waals surface area (Å²) in [5, 5.41) is 27.7. The molecule has 0 bridgehead atoms. The van der Waals surface area contributed by atoms with E-state index in [1.54, 1.807) is 4.68 Å². The lowest BCUT2D eigenvalue weighted by Crippen LogP contribution is -2.71. The largest absolute Gasteiger partial charge is 0.477 e. The molecule has 2 atom stereocenters. The number of tetrazole rings is 1. The molecule has 1 fully saturated rings. The van der Waals surface area contributed by atoms with Crippen LogP contribution in [0.3, 0.4) is 0 Å². The van der Waals surface area contributed by atoms with Crippen LogP contribution in [0, 0.1) is 0 Å². The van der Waals surface area contributed by atoms with Crippen molar-refractivity contribution in [2.75, 3.05) is 30.6 Å². The van der Waals surface area contributed by atoms with Gasteiger partial charge in [0.2, 0.25) is 16.7 Å². The summed E-state index contributed by atoms with van der Waals surface area (Å²) in [5.41, 5.74) is 5.79. The maximum Gasteiger partial charge on any atom is 0.352 e. The van der Waals surface area contributed by atoms with E-state index in [1.807, 2.05) is 6.26 Å². The van der Waals surface area contributed by atoms with Gasteiger partial charge in [-0.1, -0.05) is 16.9 Å². The lowest BCUT2D eigenvalue weighted by molar-refractivity contribution is -0.150. The Bertz CT molecular complexity index is 1210. The number of carboxylic acid groups (broad SMARTS) is 1. The maximum atomic E-state index is 12.9. The fourth-order valence-electron chi connectivity index (χ4n) is 3.27. The zero-order chi connectivity index (χ0) is 25.1. The van der Waals surface area contributed by atoms with Crippen LogP contribution in [0.4, 0.5) is 5.13 Å². The van der Waals surface area contributed by atoms with Crippen molar-refractivity contribution >= 4 is 75.4 Å². The minimum atomic E-state index is -1.23. The summed E-state index contributed by atoms with van der Waals surface area (Å²) in [6.45, 7) is 0. The summed E-state index contributed by atoms with van der Waals surface area (Å²) in [7, 11) is 1.25. The summed E-state index contributed by atoms with van der Waals surface area (Å²) in [6, 6.07) is -0.956. The number of nitrogens with two attached hydrogens (primary N) is 1. The Balaban J connectivity index is 1.48. The Labute approximate surface area is 214 Å². The number of fused-ring (bicyclic) bond motifs is 1. The molecule has 0 saturated carbocycles. The summed E-state index contributed by atoms with van der Waals surface area (Å²) in [4.78, 5) is 47.6. The first-order valence-corrected chi connectivity index (χ1v) is 13.8. The van der Waals surface area contributed by atoms with E-state index in [4.69, 9.17) is 10.6 Å². The number of carbonyl (C=O) groups is 3. The van der Waals surface area contributed by atoms with Crippen LogP contribution >= 0.6 is 46.8 Å². The summed E-state index contributed by atoms with van der Waals surface area (Å²) in [5.74, 6) is -1.37. The number of rotatable bonds is 10. The van der Waals surface area contributed by atoms with Crippen molar-refractivity contribution in [1.82, 2.24) is 39.8 Å². The molecule has 15 nitrogen and oxygen atoms in total. The summed E-state index contributed by atoms with van der Waals surface area (Å²) >= 11 is 5.05. The molecule has 0 radical (unpaired) electrons. The molecule has 0 aliphatic carbocycles. The minimum Gasteiger partial charge on any atom is -0.477 e. The second kappa shape index (κ2) is 10.8. The molecule has 1 saturated heterocycles. The predicted molar refractivity (Wildman–Crippen MR) is 130 cm³/mol. The highest BCUT2D eigenvalue weighted by atomic mass is 32.2. The number of nitrogen functional groups attached to an aromatic ring is 1. The van der Waals surface area contributed by atoms with Gasteiger partial charge in [-0.3, -0.25) is 14.5 Å². The van der Waals surface area contributed by atoms with Gasteiger partial charge in [0.25, 0.3) is 11.8 Å². The van der Waals surface area contributed by atoms with Gasteiger partial charge >= 0.3 is 5.97 Å². The first-order chi connectivity index (χ1) is 16.8. The van der Waals surface area contributed by atoms with Crippen molar-refractivity contribution in [3.8, 4) is 0 Å². The Kier molecular flexibility index (Phi) is 7.77. The normalized spacial score (nSPS) is 19.9. The molecule has 2 aliphatic rings. The number of nitrogens with one attached hydrogen (secondary N) is 1. The van der Waals surface area contributed by atoms with E-state index in [2.05, 4.69) is 35.4 Å². The lowest BCUT2D eigenvalue weighted by atomic mass is 10.0. The van der Waals surface area contributed by atoms with E-state index in [9.17, 15) is 19.5 Å². The van der Waals surface area contributed by atoms with E-state index in [-0.39, 0.29) is 22.4 Å². The van der Waals surface area contributed by atoms with Crippen LogP contribution in [0.1, 0.15) is 5.82 Å². The molecule has 2 amide bonds. The third-order valence-corrected chi connectivity index (χ3v) is 8.14. The number of β-lactam (4-membered cyclic amide) rings is 1. The van der Waals surface area contributed by atoms with Gasteiger partial charge in [0.05, 0.1) is 5.88 Å². The molecule has 35 heavy (non-hydrogen) atoms. The lowest BCUT2D eigenvalue weighted by Gasteiger charge is -2.49. The van der Waals surface area contributed by atoms with Crippen molar-refractivity contribution in [3.05, 3.63) is 17.1 Å². The van der Waals surface area contributed by atoms with E-state index >= 15 is 0 Å². The quantitative estimate of drug-likeness (QED) is 0.143. The monoisotopic (exact) mass is 558 g/mol. The van der Waals surface area contributed by atoms with Gasteiger partial charge in [-0.25, -0.2) is 9.48 Å². The topological polar surface area (TPSA) is 204 Å². The van der Waals surface area contributed by atoms with E-state index in [1.165, 1.54) is 47.3 Å². The molecular formula is C16H18N10O5S4. The number of nitrogens with zero attached hydrogens (tertiary/aromatic N) is 8. The number of anilines is 1. The molecule has 1 unspecified atom stereocenters. The third kappa shape index (κ3) is 5.07. The van der Waals surface area contributed by atoms with Crippen LogP contribution < -0.4 is 11.1 Å². The molecule has 186 valence electrons. The number of amides is 2. The van der Waals surface area contributed by atoms with E-state index in [0.29, 0.717) is 28.1 Å². The standard InChI is InChI=1S/C16H18N10O5S4/c1-31-21-7(10-19-15(17)35-22-10)11(27)18-8-12(28)26-9(14(29)30)6(3-33-13(8)26)4-34-16-20-23-24-25(16)5-32-2/h8,13H,3-5H2,1-2H3,(H,18,27)(H,29,30)(H2,17,19,22)/b21-7+/t8?,13-/m1/s1. The highest BCUT2D eigenvalue weighted by Gasteiger charge is 2.54. The van der Waals surface area contributed by atoms with Crippen LogP contribution in [-0.2, 0) is 25.1 Å². The highest BCUT2D eigenvalue weighted by Crippen LogP contribution is 2.41. The number of carboxylic acids is 1.